The lowest BCUT2D eigenvalue weighted by Gasteiger charge is -2.12. The van der Waals surface area contributed by atoms with Gasteiger partial charge in [-0.2, -0.15) is 31.6 Å². The Morgan fingerprint density at radius 1 is 0.581 bits per heavy atom. The highest BCUT2D eigenvalue weighted by Crippen LogP contribution is 2.39. The first-order chi connectivity index (χ1) is 15.1. The molecule has 12 nitrogen and oxygen atoms in total. The van der Waals surface area contributed by atoms with Gasteiger partial charge in [-0.15, -0.1) is 0 Å². The van der Waals surface area contributed by atoms with Crippen molar-refractivity contribution in [2.24, 2.45) is 9.98 Å². The molecular formula is C19H2N12. The first kappa shape index (κ1) is 18.5. The molecule has 0 radical (unpaired) electrons. The zero-order chi connectivity index (χ0) is 22.1. The van der Waals surface area contributed by atoms with Crippen LogP contribution in [0.4, 0.5) is 0 Å². The highest BCUT2D eigenvalue weighted by atomic mass is 15.0. The van der Waals surface area contributed by atoms with Crippen molar-refractivity contribution in [3.63, 3.8) is 0 Å². The summed E-state index contributed by atoms with van der Waals surface area (Å²) in [4.78, 5) is 25.1. The van der Waals surface area contributed by atoms with Crippen molar-refractivity contribution in [3.05, 3.63) is 40.2 Å². The Hall–Kier alpha value is -5.82. The van der Waals surface area contributed by atoms with E-state index in [2.05, 4.69) is 29.9 Å². The summed E-state index contributed by atoms with van der Waals surface area (Å²) >= 11 is 0. The van der Waals surface area contributed by atoms with Gasteiger partial charge in [0.05, 0.1) is 11.4 Å². The van der Waals surface area contributed by atoms with Gasteiger partial charge in [0.25, 0.3) is 0 Å². The van der Waals surface area contributed by atoms with E-state index in [0.29, 0.717) is 0 Å². The summed E-state index contributed by atoms with van der Waals surface area (Å²) in [6, 6.07) is 9.63. The highest BCUT2D eigenvalue weighted by Gasteiger charge is 2.33. The standard InChI is InChI=1S/C19H2N12/c20-2-10-11(3-21)27-9-1-8(26-10)16-18(30-14(6-24)12(4-22)28-16)19-17(9)29-13(5-23)15(7-25)31-19/h1,8H. The zero-order valence-corrected chi connectivity index (χ0v) is 15.0. The van der Waals surface area contributed by atoms with Crippen LogP contribution in [0.5, 0.6) is 0 Å². The second-order valence-electron chi connectivity index (χ2n) is 5.88. The van der Waals surface area contributed by atoms with Gasteiger partial charge in [0.1, 0.15) is 59.5 Å². The van der Waals surface area contributed by atoms with Gasteiger partial charge in [0, 0.05) is 0 Å². The summed E-state index contributed by atoms with van der Waals surface area (Å²) < 4.78 is 0. The Morgan fingerprint density at radius 3 is 1.65 bits per heavy atom. The molecule has 31 heavy (non-hydrogen) atoms. The van der Waals surface area contributed by atoms with Gasteiger partial charge in [-0.3, -0.25) is 4.99 Å². The molecule has 1 atom stereocenters. The molecule has 1 aliphatic heterocycles. The molecule has 1 unspecified atom stereocenters. The van der Waals surface area contributed by atoms with E-state index < -0.39 is 6.04 Å². The van der Waals surface area contributed by atoms with Crippen LogP contribution in [0.25, 0.3) is 17.1 Å². The molecule has 1 aliphatic carbocycles. The van der Waals surface area contributed by atoms with Crippen LogP contribution in [0, 0.1) is 68.0 Å². The summed E-state index contributed by atoms with van der Waals surface area (Å²) in [7, 11) is 0. The minimum Gasteiger partial charge on any atom is -0.257 e. The van der Waals surface area contributed by atoms with E-state index >= 15 is 0 Å². The molecular weight excluding hydrogens is 396 g/mol. The number of aliphatic imine (C=N–C) groups is 2. The van der Waals surface area contributed by atoms with Crippen molar-refractivity contribution < 1.29 is 0 Å². The molecule has 0 N–H and O–H groups in total. The molecule has 0 saturated carbocycles. The molecule has 0 saturated heterocycles. The third-order valence-electron chi connectivity index (χ3n) is 4.24. The van der Waals surface area contributed by atoms with Gasteiger partial charge in [-0.05, 0) is 6.08 Å². The minimum atomic E-state index is -1.02. The fourth-order valence-corrected chi connectivity index (χ4v) is 2.95. The molecule has 3 heterocycles. The SMILES string of the molecule is N#CC1=NC2=CC(N=C1C#N)c1nc(C#N)c(C#N)nc1-c1nc(C#N)c(C#N)nc12. The lowest BCUT2D eigenvalue weighted by atomic mass is 10.1. The van der Waals surface area contributed by atoms with E-state index in [1.54, 1.807) is 36.4 Å². The van der Waals surface area contributed by atoms with Crippen LogP contribution < -0.4 is 0 Å². The smallest absolute Gasteiger partial charge is 0.177 e. The normalized spacial score (nSPS) is 15.2. The van der Waals surface area contributed by atoms with E-state index in [1.165, 1.54) is 6.08 Å². The maximum atomic E-state index is 9.41. The van der Waals surface area contributed by atoms with Crippen molar-refractivity contribution in [2.45, 2.75) is 6.04 Å². The number of aromatic nitrogens is 4. The van der Waals surface area contributed by atoms with E-state index in [4.69, 9.17) is 0 Å². The first-order valence-corrected chi connectivity index (χ1v) is 8.22. The van der Waals surface area contributed by atoms with Gasteiger partial charge >= 0.3 is 0 Å². The summed E-state index contributed by atoms with van der Waals surface area (Å²) in [6.07, 6.45) is 1.43. The summed E-state index contributed by atoms with van der Waals surface area (Å²) in [5.74, 6) is 0. The Bertz CT molecular complexity index is 1550. The third-order valence-corrected chi connectivity index (χ3v) is 4.24. The van der Waals surface area contributed by atoms with Gasteiger partial charge in [0.15, 0.2) is 34.2 Å². The van der Waals surface area contributed by atoms with Gasteiger partial charge in [0.2, 0.25) is 0 Å². The summed E-state index contributed by atoms with van der Waals surface area (Å²) in [6.45, 7) is 0. The summed E-state index contributed by atoms with van der Waals surface area (Å²) in [5.41, 5.74) is -1.66. The van der Waals surface area contributed by atoms with Crippen molar-refractivity contribution in [2.75, 3.05) is 0 Å². The predicted octanol–water partition coefficient (Wildman–Crippen LogP) is 0.759. The lowest BCUT2D eigenvalue weighted by Crippen LogP contribution is -2.14. The summed E-state index contributed by atoms with van der Waals surface area (Å²) in [5, 5.41) is 56.2. The largest absolute Gasteiger partial charge is 0.257 e. The molecule has 4 rings (SSSR count). The molecule has 12 heteroatoms. The fourth-order valence-electron chi connectivity index (χ4n) is 2.95. The van der Waals surface area contributed by atoms with Crippen molar-refractivity contribution in [1.82, 2.24) is 19.9 Å². The highest BCUT2D eigenvalue weighted by molar-refractivity contribution is 6.54. The quantitative estimate of drug-likeness (QED) is 0.606. The van der Waals surface area contributed by atoms with E-state index in [9.17, 15) is 31.6 Å². The molecule has 2 aromatic rings. The Kier molecular flexibility index (Phi) is 4.17. The zero-order valence-electron chi connectivity index (χ0n) is 15.0. The predicted molar refractivity (Wildman–Crippen MR) is 98.7 cm³/mol. The second kappa shape index (κ2) is 6.97. The average Bonchev–Trinajstić information content (AvgIpc) is 3.07. The minimum absolute atomic E-state index is 0.00747. The lowest BCUT2D eigenvalue weighted by molar-refractivity contribution is 0.853. The Morgan fingerprint density at radius 2 is 1.10 bits per heavy atom. The molecule has 0 spiro atoms. The Labute approximate surface area is 173 Å². The van der Waals surface area contributed by atoms with Gasteiger partial charge < -0.3 is 0 Å². The monoisotopic (exact) mass is 398 g/mol. The van der Waals surface area contributed by atoms with Gasteiger partial charge in [-0.1, -0.05) is 0 Å². The molecule has 0 aromatic carbocycles. The molecule has 138 valence electrons. The number of nitrogens with zero attached hydrogens (tertiary/aromatic N) is 12. The first-order valence-electron chi connectivity index (χ1n) is 8.22. The number of rotatable bonds is 0. The van der Waals surface area contributed by atoms with Crippen LogP contribution >= 0.6 is 0 Å². The van der Waals surface area contributed by atoms with Crippen molar-refractivity contribution in [1.29, 1.82) is 31.6 Å². The molecule has 2 aliphatic rings. The van der Waals surface area contributed by atoms with Gasteiger partial charge in [-0.25, -0.2) is 24.9 Å². The third kappa shape index (κ3) is 2.72. The van der Waals surface area contributed by atoms with Crippen LogP contribution in [0.2, 0.25) is 0 Å². The van der Waals surface area contributed by atoms with Crippen LogP contribution in [0.15, 0.2) is 16.1 Å². The van der Waals surface area contributed by atoms with Crippen LogP contribution in [-0.2, 0) is 0 Å². The Balaban J connectivity index is 2.20. The number of fused-ring (bicyclic) bond motifs is 6. The molecule has 0 fully saturated rings. The molecule has 2 aromatic heterocycles. The van der Waals surface area contributed by atoms with Crippen LogP contribution in [0.3, 0.4) is 0 Å². The van der Waals surface area contributed by atoms with E-state index in [-0.39, 0.29) is 62.7 Å². The number of nitriles is 6. The molecule has 0 amide bonds. The van der Waals surface area contributed by atoms with E-state index in [1.807, 2.05) is 0 Å². The van der Waals surface area contributed by atoms with Crippen LogP contribution in [0.1, 0.15) is 40.2 Å². The number of hydrogen-bond donors (Lipinski definition) is 0. The topological polar surface area (TPSA) is 219 Å². The number of hydrogen-bond acceptors (Lipinski definition) is 12. The van der Waals surface area contributed by atoms with Crippen molar-refractivity contribution >= 4 is 17.1 Å². The van der Waals surface area contributed by atoms with E-state index in [0.717, 1.165) is 0 Å². The fraction of sp³-hybridized carbons (Fsp3) is 0.0526. The molecule has 2 bridgehead atoms. The maximum absolute atomic E-state index is 9.41. The average molecular weight is 398 g/mol. The second-order valence-corrected chi connectivity index (χ2v) is 5.88. The van der Waals surface area contributed by atoms with Crippen LogP contribution in [-0.4, -0.2) is 31.4 Å². The van der Waals surface area contributed by atoms with Crippen molar-refractivity contribution in [3.8, 4) is 47.8 Å². The maximum Gasteiger partial charge on any atom is 0.177 e.